The summed E-state index contributed by atoms with van der Waals surface area (Å²) in [6.07, 6.45) is 3.08. The topological polar surface area (TPSA) is 79.5 Å². The Balaban J connectivity index is 1.62. The Labute approximate surface area is 163 Å². The molecule has 0 radical (unpaired) electrons. The van der Waals surface area contributed by atoms with Crippen LogP contribution in [-0.2, 0) is 6.54 Å². The second-order valence-electron chi connectivity index (χ2n) is 5.43. The smallest absolute Gasteiger partial charge is 0.291 e. The van der Waals surface area contributed by atoms with Gasteiger partial charge in [-0.05, 0) is 42.0 Å². The lowest BCUT2D eigenvalue weighted by Gasteiger charge is -2.02. The van der Waals surface area contributed by atoms with Crippen molar-refractivity contribution in [3.8, 4) is 5.75 Å². The summed E-state index contributed by atoms with van der Waals surface area (Å²) >= 11 is 9.17. The van der Waals surface area contributed by atoms with Gasteiger partial charge in [-0.3, -0.25) is 9.48 Å². The highest BCUT2D eigenvalue weighted by molar-refractivity contribution is 9.10. The highest BCUT2D eigenvalue weighted by Gasteiger charge is 2.09. The number of hydrazone groups is 1. The van der Waals surface area contributed by atoms with E-state index in [2.05, 4.69) is 31.6 Å². The van der Waals surface area contributed by atoms with Gasteiger partial charge in [-0.1, -0.05) is 39.7 Å². The fraction of sp³-hybridized carbons (Fsp3) is 0.0556. The van der Waals surface area contributed by atoms with Gasteiger partial charge in [-0.25, -0.2) is 5.43 Å². The molecule has 0 fully saturated rings. The molecule has 0 aliphatic rings. The van der Waals surface area contributed by atoms with Crippen LogP contribution in [0.15, 0.2) is 64.3 Å². The van der Waals surface area contributed by atoms with E-state index in [4.69, 9.17) is 11.6 Å². The van der Waals surface area contributed by atoms with E-state index in [9.17, 15) is 9.90 Å². The quantitative estimate of drug-likeness (QED) is 0.474. The molecule has 0 aliphatic carbocycles. The molecule has 6 nitrogen and oxygen atoms in total. The van der Waals surface area contributed by atoms with Gasteiger partial charge in [0.05, 0.1) is 12.8 Å². The van der Waals surface area contributed by atoms with Crippen molar-refractivity contribution in [3.63, 3.8) is 0 Å². The lowest BCUT2D eigenvalue weighted by atomic mass is 10.2. The predicted molar refractivity (Wildman–Crippen MR) is 104 cm³/mol. The van der Waals surface area contributed by atoms with Crippen molar-refractivity contribution in [1.29, 1.82) is 0 Å². The number of aromatic hydroxyl groups is 1. The third-order valence-corrected chi connectivity index (χ3v) is 4.24. The molecule has 8 heteroatoms. The molecule has 0 saturated carbocycles. The van der Waals surface area contributed by atoms with E-state index in [0.717, 1.165) is 10.0 Å². The van der Waals surface area contributed by atoms with Crippen molar-refractivity contribution in [2.75, 3.05) is 0 Å². The molecule has 3 rings (SSSR count). The molecule has 1 amide bonds. The van der Waals surface area contributed by atoms with Gasteiger partial charge in [0.25, 0.3) is 5.91 Å². The number of nitrogens with zero attached hydrogens (tertiary/aromatic N) is 3. The molecule has 0 saturated heterocycles. The van der Waals surface area contributed by atoms with E-state index in [1.165, 1.54) is 12.3 Å². The minimum atomic E-state index is -0.439. The number of carbonyl (C=O) groups is 1. The monoisotopic (exact) mass is 432 g/mol. The Morgan fingerprint density at radius 1 is 1.27 bits per heavy atom. The number of hydrogen-bond donors (Lipinski definition) is 2. The first-order chi connectivity index (χ1) is 12.5. The fourth-order valence-electron chi connectivity index (χ4n) is 2.19. The molecule has 2 N–H and O–H groups in total. The van der Waals surface area contributed by atoms with Crippen molar-refractivity contribution in [2.45, 2.75) is 6.54 Å². The zero-order valence-electron chi connectivity index (χ0n) is 13.4. The van der Waals surface area contributed by atoms with Crippen molar-refractivity contribution in [3.05, 3.63) is 81.0 Å². The van der Waals surface area contributed by atoms with Crippen LogP contribution in [0.4, 0.5) is 0 Å². The van der Waals surface area contributed by atoms with Crippen molar-refractivity contribution in [2.24, 2.45) is 5.10 Å². The number of amides is 1. The van der Waals surface area contributed by atoms with Gasteiger partial charge >= 0.3 is 0 Å². The van der Waals surface area contributed by atoms with E-state index in [-0.39, 0.29) is 11.4 Å². The standard InChI is InChI=1S/C18H14BrClN4O2/c19-14-3-6-17(25)13(9-14)10-21-22-18(26)16-7-8-24(23-16)11-12-1-4-15(20)5-2-12/h1-10,25H,11H2,(H,22,26)/b21-10+. The Bertz CT molecular complexity index is 954. The maximum absolute atomic E-state index is 12.1. The van der Waals surface area contributed by atoms with Gasteiger partial charge in [-0.2, -0.15) is 10.2 Å². The zero-order chi connectivity index (χ0) is 18.5. The van der Waals surface area contributed by atoms with Gasteiger partial charge in [0, 0.05) is 21.3 Å². The summed E-state index contributed by atoms with van der Waals surface area (Å²) in [7, 11) is 0. The molecule has 1 heterocycles. The molecule has 0 unspecified atom stereocenters. The van der Waals surface area contributed by atoms with Crippen molar-refractivity contribution < 1.29 is 9.90 Å². The molecule has 132 valence electrons. The Morgan fingerprint density at radius 3 is 2.81 bits per heavy atom. The highest BCUT2D eigenvalue weighted by Crippen LogP contribution is 2.19. The van der Waals surface area contributed by atoms with Crippen molar-refractivity contribution >= 4 is 39.7 Å². The minimum Gasteiger partial charge on any atom is -0.507 e. The van der Waals surface area contributed by atoms with E-state index in [0.29, 0.717) is 17.1 Å². The van der Waals surface area contributed by atoms with Crippen LogP contribution in [0, 0.1) is 0 Å². The Hall–Kier alpha value is -2.64. The first kappa shape index (κ1) is 18.2. The SMILES string of the molecule is O=C(N/N=C/c1cc(Br)ccc1O)c1ccn(Cc2ccc(Cl)cc2)n1. The molecule has 0 bridgehead atoms. The number of carbonyl (C=O) groups excluding carboxylic acids is 1. The number of hydrogen-bond acceptors (Lipinski definition) is 4. The van der Waals surface area contributed by atoms with Gasteiger partial charge in [0.2, 0.25) is 0 Å². The molecule has 1 aromatic heterocycles. The minimum absolute atomic E-state index is 0.0680. The summed E-state index contributed by atoms with van der Waals surface area (Å²) < 4.78 is 2.45. The van der Waals surface area contributed by atoms with Crippen LogP contribution >= 0.6 is 27.5 Å². The molecule has 0 spiro atoms. The molecule has 2 aromatic carbocycles. The number of phenols is 1. The van der Waals surface area contributed by atoms with Crippen LogP contribution in [-0.4, -0.2) is 27.0 Å². The summed E-state index contributed by atoms with van der Waals surface area (Å²) in [5.41, 5.74) is 4.14. The van der Waals surface area contributed by atoms with E-state index in [1.54, 1.807) is 41.2 Å². The van der Waals surface area contributed by atoms with Crippen LogP contribution in [0.5, 0.6) is 5.75 Å². The number of benzene rings is 2. The third kappa shape index (κ3) is 4.71. The van der Waals surface area contributed by atoms with Gasteiger partial charge in [0.15, 0.2) is 5.69 Å². The summed E-state index contributed by atoms with van der Waals surface area (Å²) in [4.78, 5) is 12.1. The summed E-state index contributed by atoms with van der Waals surface area (Å²) in [5, 5.41) is 18.5. The fourth-order valence-corrected chi connectivity index (χ4v) is 2.70. The molecule has 3 aromatic rings. The van der Waals surface area contributed by atoms with Crippen LogP contribution in [0.3, 0.4) is 0 Å². The number of rotatable bonds is 5. The molecule has 26 heavy (non-hydrogen) atoms. The maximum Gasteiger partial charge on any atom is 0.291 e. The molecule has 0 atom stereocenters. The molecule has 0 aliphatic heterocycles. The second kappa shape index (κ2) is 8.16. The summed E-state index contributed by atoms with van der Waals surface area (Å²) in [6.45, 7) is 0.527. The van der Waals surface area contributed by atoms with E-state index in [1.807, 2.05) is 12.1 Å². The van der Waals surface area contributed by atoms with Crippen molar-refractivity contribution in [1.82, 2.24) is 15.2 Å². The van der Waals surface area contributed by atoms with Crippen LogP contribution in [0.25, 0.3) is 0 Å². The average Bonchev–Trinajstić information content (AvgIpc) is 3.08. The van der Waals surface area contributed by atoms with Gasteiger partial charge < -0.3 is 5.11 Å². The summed E-state index contributed by atoms with van der Waals surface area (Å²) in [5.74, 6) is -0.371. The first-order valence-electron chi connectivity index (χ1n) is 7.61. The normalized spacial score (nSPS) is 11.0. The van der Waals surface area contributed by atoms with Gasteiger partial charge in [0.1, 0.15) is 5.75 Å². The zero-order valence-corrected chi connectivity index (χ0v) is 15.8. The van der Waals surface area contributed by atoms with E-state index < -0.39 is 5.91 Å². The average molecular weight is 434 g/mol. The first-order valence-corrected chi connectivity index (χ1v) is 8.78. The lowest BCUT2D eigenvalue weighted by Crippen LogP contribution is -2.18. The largest absolute Gasteiger partial charge is 0.507 e. The highest BCUT2D eigenvalue weighted by atomic mass is 79.9. The van der Waals surface area contributed by atoms with Crippen LogP contribution in [0.2, 0.25) is 5.02 Å². The maximum atomic E-state index is 12.1. The van der Waals surface area contributed by atoms with Crippen LogP contribution in [0.1, 0.15) is 21.6 Å². The summed E-state index contributed by atoms with van der Waals surface area (Å²) in [6, 6.07) is 13.9. The molecular weight excluding hydrogens is 420 g/mol. The Kier molecular flexibility index (Phi) is 5.70. The number of phenolic OH excluding ortho intramolecular Hbond substituents is 1. The third-order valence-electron chi connectivity index (χ3n) is 3.49. The second-order valence-corrected chi connectivity index (χ2v) is 6.78. The van der Waals surface area contributed by atoms with E-state index >= 15 is 0 Å². The Morgan fingerprint density at radius 2 is 2.04 bits per heavy atom. The number of nitrogens with one attached hydrogen (secondary N) is 1. The van der Waals surface area contributed by atoms with Crippen LogP contribution < -0.4 is 5.43 Å². The number of aromatic nitrogens is 2. The molecular formula is C18H14BrClN4O2. The van der Waals surface area contributed by atoms with Gasteiger partial charge in [-0.15, -0.1) is 0 Å². The predicted octanol–water partition coefficient (Wildman–Crippen LogP) is 3.82. The number of halogens is 2. The lowest BCUT2D eigenvalue weighted by molar-refractivity contribution is 0.0949.